The SMILES string of the molecule is Cc1c[n+](C)c(-c2c(C)ccc3c2Cc2c(C)cccc2-3)cc1CC(C)C. The fourth-order valence-corrected chi connectivity index (χ4v) is 4.66. The van der Waals surface area contributed by atoms with Crippen LogP contribution < -0.4 is 4.57 Å². The minimum absolute atomic E-state index is 0.666. The molecule has 0 saturated heterocycles. The third-order valence-corrected chi connectivity index (χ3v) is 6.04. The Morgan fingerprint density at radius 1 is 0.889 bits per heavy atom. The second-order valence-electron chi connectivity index (χ2n) is 8.64. The molecular weight excluding hydrogens is 326 g/mol. The molecule has 1 heteroatoms. The number of benzene rings is 2. The van der Waals surface area contributed by atoms with Gasteiger partial charge in [0.05, 0.1) is 5.56 Å². The van der Waals surface area contributed by atoms with E-state index >= 15 is 0 Å². The van der Waals surface area contributed by atoms with E-state index in [9.17, 15) is 0 Å². The lowest BCUT2D eigenvalue weighted by atomic mass is 9.91. The van der Waals surface area contributed by atoms with Crippen molar-refractivity contribution in [3.63, 3.8) is 0 Å². The minimum atomic E-state index is 0.666. The third kappa shape index (κ3) is 3.00. The highest BCUT2D eigenvalue weighted by atomic mass is 14.9. The summed E-state index contributed by atoms with van der Waals surface area (Å²) < 4.78 is 2.32. The first-order valence-corrected chi connectivity index (χ1v) is 10.1. The average molecular weight is 357 g/mol. The summed E-state index contributed by atoms with van der Waals surface area (Å²) in [6.45, 7) is 11.3. The number of pyridine rings is 1. The molecule has 138 valence electrons. The van der Waals surface area contributed by atoms with Crippen LogP contribution in [0.15, 0.2) is 42.6 Å². The molecule has 0 aliphatic heterocycles. The lowest BCUT2D eigenvalue weighted by Gasteiger charge is -2.14. The van der Waals surface area contributed by atoms with Gasteiger partial charge in [-0.15, -0.1) is 0 Å². The van der Waals surface area contributed by atoms with Crippen LogP contribution in [0.5, 0.6) is 0 Å². The number of fused-ring (bicyclic) bond motifs is 3. The zero-order valence-electron chi connectivity index (χ0n) is 17.5. The van der Waals surface area contributed by atoms with Crippen LogP contribution in [-0.2, 0) is 19.9 Å². The van der Waals surface area contributed by atoms with Crippen LogP contribution in [0, 0.1) is 26.7 Å². The summed E-state index contributed by atoms with van der Waals surface area (Å²) >= 11 is 0. The summed E-state index contributed by atoms with van der Waals surface area (Å²) in [4.78, 5) is 0. The molecule has 2 aromatic carbocycles. The Balaban J connectivity index is 1.94. The van der Waals surface area contributed by atoms with Gasteiger partial charge in [0.2, 0.25) is 5.69 Å². The standard InChI is InChI=1S/C26H30N/c1-16(2)12-20-13-25(27(6)15-19(20)5)26-18(4)10-11-22-21-9-7-8-17(3)23(21)14-24(22)26/h7-11,13,15-16H,12,14H2,1-6H3/q+1. The van der Waals surface area contributed by atoms with Gasteiger partial charge in [0.1, 0.15) is 7.05 Å². The van der Waals surface area contributed by atoms with Gasteiger partial charge >= 0.3 is 0 Å². The van der Waals surface area contributed by atoms with E-state index in [0.29, 0.717) is 5.92 Å². The maximum absolute atomic E-state index is 2.44. The summed E-state index contributed by atoms with van der Waals surface area (Å²) in [6, 6.07) is 13.8. The highest BCUT2D eigenvalue weighted by molar-refractivity contribution is 5.85. The van der Waals surface area contributed by atoms with Gasteiger partial charge in [-0.3, -0.25) is 0 Å². The highest BCUT2D eigenvalue weighted by Gasteiger charge is 2.27. The molecule has 1 aliphatic rings. The molecule has 0 bridgehead atoms. The van der Waals surface area contributed by atoms with Crippen LogP contribution in [0.4, 0.5) is 0 Å². The molecule has 0 fully saturated rings. The van der Waals surface area contributed by atoms with Gasteiger partial charge in [-0.1, -0.05) is 44.2 Å². The third-order valence-electron chi connectivity index (χ3n) is 6.04. The molecule has 1 aromatic heterocycles. The Bertz CT molecular complexity index is 1040. The van der Waals surface area contributed by atoms with Crippen molar-refractivity contribution in [2.75, 3.05) is 0 Å². The Kier molecular flexibility index (Phi) is 4.42. The Hall–Kier alpha value is -2.41. The van der Waals surface area contributed by atoms with E-state index in [2.05, 4.69) is 88.8 Å². The Morgan fingerprint density at radius 3 is 2.37 bits per heavy atom. The fraction of sp³-hybridized carbons (Fsp3) is 0.346. The first-order valence-electron chi connectivity index (χ1n) is 10.1. The van der Waals surface area contributed by atoms with Crippen LogP contribution >= 0.6 is 0 Å². The van der Waals surface area contributed by atoms with E-state index in [0.717, 1.165) is 12.8 Å². The van der Waals surface area contributed by atoms with Crippen LogP contribution in [-0.4, -0.2) is 0 Å². The van der Waals surface area contributed by atoms with Gasteiger partial charge in [0.25, 0.3) is 0 Å². The predicted octanol–water partition coefficient (Wildman–Crippen LogP) is 5.87. The highest BCUT2D eigenvalue weighted by Crippen LogP contribution is 2.43. The number of aryl methyl sites for hydroxylation is 4. The van der Waals surface area contributed by atoms with E-state index in [1.165, 1.54) is 55.8 Å². The lowest BCUT2D eigenvalue weighted by molar-refractivity contribution is -0.660. The normalized spacial score (nSPS) is 12.4. The zero-order chi connectivity index (χ0) is 19.3. The van der Waals surface area contributed by atoms with Crippen LogP contribution in [0.1, 0.15) is 47.2 Å². The molecule has 0 atom stereocenters. The second kappa shape index (κ2) is 6.64. The summed E-state index contributed by atoms with van der Waals surface area (Å²) in [5.74, 6) is 0.666. The van der Waals surface area contributed by atoms with Gasteiger partial charge in [0.15, 0.2) is 6.20 Å². The summed E-state index contributed by atoms with van der Waals surface area (Å²) in [5, 5.41) is 0. The van der Waals surface area contributed by atoms with Crippen molar-refractivity contribution in [3.8, 4) is 22.4 Å². The van der Waals surface area contributed by atoms with Crippen molar-refractivity contribution < 1.29 is 4.57 Å². The maximum Gasteiger partial charge on any atom is 0.213 e. The fourth-order valence-electron chi connectivity index (χ4n) is 4.66. The van der Waals surface area contributed by atoms with Gasteiger partial charge in [-0.2, -0.15) is 0 Å². The van der Waals surface area contributed by atoms with E-state index in [1.54, 1.807) is 0 Å². The summed E-state index contributed by atoms with van der Waals surface area (Å²) in [5.41, 5.74) is 14.2. The molecule has 0 radical (unpaired) electrons. The van der Waals surface area contributed by atoms with Gasteiger partial charge in [0, 0.05) is 11.6 Å². The molecule has 1 aliphatic carbocycles. The first kappa shape index (κ1) is 18.0. The smallest absolute Gasteiger partial charge is 0.201 e. The molecule has 1 nitrogen and oxygen atoms in total. The van der Waals surface area contributed by atoms with E-state index in [1.807, 2.05) is 0 Å². The monoisotopic (exact) mass is 356 g/mol. The number of hydrogen-bond acceptors (Lipinski definition) is 0. The van der Waals surface area contributed by atoms with Crippen molar-refractivity contribution in [3.05, 3.63) is 76.0 Å². The van der Waals surface area contributed by atoms with Crippen LogP contribution in [0.25, 0.3) is 22.4 Å². The average Bonchev–Trinajstić information content (AvgIpc) is 2.98. The number of hydrogen-bond donors (Lipinski definition) is 0. The molecular formula is C26H30N+. The predicted molar refractivity (Wildman–Crippen MR) is 114 cm³/mol. The quantitative estimate of drug-likeness (QED) is 0.404. The second-order valence-corrected chi connectivity index (χ2v) is 8.64. The molecule has 0 unspecified atom stereocenters. The lowest BCUT2D eigenvalue weighted by Crippen LogP contribution is -2.32. The van der Waals surface area contributed by atoms with Crippen molar-refractivity contribution in [1.29, 1.82) is 0 Å². The zero-order valence-corrected chi connectivity index (χ0v) is 17.5. The molecule has 3 aromatic rings. The summed E-state index contributed by atoms with van der Waals surface area (Å²) in [6.07, 6.45) is 4.48. The van der Waals surface area contributed by atoms with E-state index in [-0.39, 0.29) is 0 Å². The molecule has 0 spiro atoms. The largest absolute Gasteiger partial charge is 0.213 e. The van der Waals surface area contributed by atoms with Crippen molar-refractivity contribution in [2.45, 2.75) is 47.5 Å². The van der Waals surface area contributed by atoms with Crippen molar-refractivity contribution in [1.82, 2.24) is 0 Å². The Morgan fingerprint density at radius 2 is 1.63 bits per heavy atom. The van der Waals surface area contributed by atoms with Crippen molar-refractivity contribution >= 4 is 0 Å². The molecule has 1 heterocycles. The van der Waals surface area contributed by atoms with E-state index < -0.39 is 0 Å². The number of aromatic nitrogens is 1. The number of rotatable bonds is 3. The van der Waals surface area contributed by atoms with Crippen LogP contribution in [0.2, 0.25) is 0 Å². The minimum Gasteiger partial charge on any atom is -0.201 e. The van der Waals surface area contributed by atoms with Crippen LogP contribution in [0.3, 0.4) is 0 Å². The van der Waals surface area contributed by atoms with Gasteiger partial charge in [-0.05, 0) is 78.5 Å². The Labute approximate surface area is 163 Å². The number of nitrogens with zero attached hydrogens (tertiary/aromatic N) is 1. The first-order chi connectivity index (χ1) is 12.9. The molecule has 0 amide bonds. The molecule has 0 saturated carbocycles. The van der Waals surface area contributed by atoms with Gasteiger partial charge in [-0.25, -0.2) is 4.57 Å². The van der Waals surface area contributed by atoms with Crippen molar-refractivity contribution in [2.24, 2.45) is 13.0 Å². The maximum atomic E-state index is 2.44. The molecule has 0 N–H and O–H groups in total. The summed E-state index contributed by atoms with van der Waals surface area (Å²) in [7, 11) is 2.19. The molecule has 27 heavy (non-hydrogen) atoms. The van der Waals surface area contributed by atoms with E-state index in [4.69, 9.17) is 0 Å². The van der Waals surface area contributed by atoms with Gasteiger partial charge < -0.3 is 0 Å². The topological polar surface area (TPSA) is 3.88 Å². The molecule has 4 rings (SSSR count).